The standard InChI is InChI=1S/C12H6ClF4P/c13-18(11-3-7(14)1-8(15)4-11)12-5-9(16)2-10(17)6-12/h1-6H. The fourth-order valence-electron chi connectivity index (χ4n) is 1.45. The summed E-state index contributed by atoms with van der Waals surface area (Å²) in [6, 6.07) is 5.59. The van der Waals surface area contributed by atoms with E-state index in [-0.39, 0.29) is 10.6 Å². The van der Waals surface area contributed by atoms with Gasteiger partial charge in [-0.25, -0.2) is 17.6 Å². The normalized spacial score (nSPS) is 11.0. The second-order valence-corrected chi connectivity index (χ2v) is 6.14. The lowest BCUT2D eigenvalue weighted by Crippen LogP contribution is -2.11. The van der Waals surface area contributed by atoms with Crippen molar-refractivity contribution in [2.45, 2.75) is 0 Å². The van der Waals surface area contributed by atoms with Crippen molar-refractivity contribution in [3.8, 4) is 0 Å². The van der Waals surface area contributed by atoms with E-state index in [0.29, 0.717) is 12.1 Å². The van der Waals surface area contributed by atoms with E-state index in [1.54, 1.807) is 0 Å². The molecule has 0 bridgehead atoms. The second kappa shape index (κ2) is 5.25. The fraction of sp³-hybridized carbons (Fsp3) is 0. The number of halogens is 5. The maximum Gasteiger partial charge on any atom is 0.126 e. The van der Waals surface area contributed by atoms with Gasteiger partial charge >= 0.3 is 0 Å². The van der Waals surface area contributed by atoms with Crippen molar-refractivity contribution in [1.82, 2.24) is 0 Å². The third-order valence-electron chi connectivity index (χ3n) is 2.15. The average Bonchev–Trinajstić information content (AvgIpc) is 2.25. The van der Waals surface area contributed by atoms with Crippen LogP contribution in [0.4, 0.5) is 17.6 Å². The molecule has 0 aliphatic carbocycles. The molecule has 6 heteroatoms. The first-order valence-corrected chi connectivity index (χ1v) is 7.08. The number of benzene rings is 2. The molecular weight excluding hydrogens is 287 g/mol. The van der Waals surface area contributed by atoms with Crippen LogP contribution in [0.1, 0.15) is 0 Å². The van der Waals surface area contributed by atoms with Gasteiger partial charge in [-0.2, -0.15) is 0 Å². The zero-order chi connectivity index (χ0) is 13.3. The fourth-order valence-corrected chi connectivity index (χ4v) is 3.28. The molecule has 0 aliphatic rings. The number of hydrogen-bond acceptors (Lipinski definition) is 0. The quantitative estimate of drug-likeness (QED) is 0.583. The summed E-state index contributed by atoms with van der Waals surface area (Å²) in [6.45, 7) is 0. The Labute approximate surface area is 107 Å². The van der Waals surface area contributed by atoms with Gasteiger partial charge in [0.05, 0.1) is 7.27 Å². The zero-order valence-electron chi connectivity index (χ0n) is 8.80. The average molecular weight is 293 g/mol. The van der Waals surface area contributed by atoms with E-state index in [4.69, 9.17) is 11.2 Å². The minimum Gasteiger partial charge on any atom is -0.207 e. The van der Waals surface area contributed by atoms with E-state index in [1.807, 2.05) is 0 Å². The van der Waals surface area contributed by atoms with Crippen LogP contribution in [0.25, 0.3) is 0 Å². The highest BCUT2D eigenvalue weighted by molar-refractivity contribution is 7.95. The van der Waals surface area contributed by atoms with Gasteiger partial charge in [0.2, 0.25) is 0 Å². The van der Waals surface area contributed by atoms with Crippen molar-refractivity contribution < 1.29 is 17.6 Å². The second-order valence-electron chi connectivity index (χ2n) is 3.54. The Morgan fingerprint density at radius 3 is 1.17 bits per heavy atom. The van der Waals surface area contributed by atoms with Crippen LogP contribution in [-0.2, 0) is 0 Å². The lowest BCUT2D eigenvalue weighted by molar-refractivity contribution is 0.585. The van der Waals surface area contributed by atoms with Gasteiger partial charge in [0, 0.05) is 22.7 Å². The maximum absolute atomic E-state index is 13.0. The maximum atomic E-state index is 13.0. The topological polar surface area (TPSA) is 0 Å². The molecule has 0 aromatic heterocycles. The van der Waals surface area contributed by atoms with Crippen molar-refractivity contribution in [3.63, 3.8) is 0 Å². The Bertz CT molecular complexity index is 496. The van der Waals surface area contributed by atoms with Crippen LogP contribution in [0.2, 0.25) is 0 Å². The van der Waals surface area contributed by atoms with Crippen LogP contribution in [0.5, 0.6) is 0 Å². The molecule has 18 heavy (non-hydrogen) atoms. The van der Waals surface area contributed by atoms with Crippen molar-refractivity contribution >= 4 is 29.1 Å². The SMILES string of the molecule is Fc1cc(F)cc(P(Cl)c2cc(F)cc(F)c2)c1. The molecule has 0 fully saturated rings. The molecule has 0 atom stereocenters. The van der Waals surface area contributed by atoms with Crippen LogP contribution in [-0.4, -0.2) is 0 Å². The Kier molecular flexibility index (Phi) is 3.88. The van der Waals surface area contributed by atoms with Gasteiger partial charge in [-0.15, -0.1) is 0 Å². The van der Waals surface area contributed by atoms with Crippen LogP contribution < -0.4 is 10.6 Å². The van der Waals surface area contributed by atoms with Crippen molar-refractivity contribution in [3.05, 3.63) is 59.7 Å². The van der Waals surface area contributed by atoms with E-state index in [9.17, 15) is 17.6 Å². The van der Waals surface area contributed by atoms with Crippen LogP contribution in [0.3, 0.4) is 0 Å². The summed E-state index contributed by atoms with van der Waals surface area (Å²) in [5, 5.41) is 0.323. The molecule has 0 radical (unpaired) electrons. The molecule has 94 valence electrons. The third-order valence-corrected chi connectivity index (χ3v) is 4.74. The summed E-state index contributed by atoms with van der Waals surface area (Å²) in [5.41, 5.74) is 0. The number of hydrogen-bond donors (Lipinski definition) is 0. The van der Waals surface area contributed by atoms with Gasteiger partial charge in [-0.3, -0.25) is 0 Å². The lowest BCUT2D eigenvalue weighted by Gasteiger charge is -2.11. The van der Waals surface area contributed by atoms with Crippen LogP contribution in [0, 0.1) is 23.3 Å². The smallest absolute Gasteiger partial charge is 0.126 e. The van der Waals surface area contributed by atoms with Gasteiger partial charge in [-0.05, 0) is 24.3 Å². The third kappa shape index (κ3) is 3.01. The summed E-state index contributed by atoms with van der Waals surface area (Å²) in [6.07, 6.45) is 0. The van der Waals surface area contributed by atoms with Crippen molar-refractivity contribution in [2.75, 3.05) is 0 Å². The summed E-state index contributed by atoms with van der Waals surface area (Å²) in [7, 11) is -1.72. The predicted octanol–water partition coefficient (Wildman–Crippen LogP) is 3.83. The molecule has 0 saturated heterocycles. The van der Waals surface area contributed by atoms with E-state index in [0.717, 1.165) is 24.3 Å². The summed E-state index contributed by atoms with van der Waals surface area (Å²) >= 11 is 6.02. The van der Waals surface area contributed by atoms with Gasteiger partial charge in [0.25, 0.3) is 0 Å². The Morgan fingerprint density at radius 2 is 0.889 bits per heavy atom. The van der Waals surface area contributed by atoms with Crippen LogP contribution >= 0.6 is 18.5 Å². The molecule has 0 N–H and O–H groups in total. The Hall–Kier alpha value is -1.12. The predicted molar refractivity (Wildman–Crippen MR) is 64.8 cm³/mol. The van der Waals surface area contributed by atoms with E-state index < -0.39 is 30.5 Å². The highest BCUT2D eigenvalue weighted by Gasteiger charge is 2.15. The molecule has 2 aromatic carbocycles. The van der Waals surface area contributed by atoms with E-state index >= 15 is 0 Å². The monoisotopic (exact) mass is 292 g/mol. The largest absolute Gasteiger partial charge is 0.207 e. The molecule has 0 heterocycles. The Morgan fingerprint density at radius 1 is 0.611 bits per heavy atom. The highest BCUT2D eigenvalue weighted by atomic mass is 35.7. The first-order valence-electron chi connectivity index (χ1n) is 4.84. The van der Waals surface area contributed by atoms with E-state index in [2.05, 4.69) is 0 Å². The van der Waals surface area contributed by atoms with Crippen LogP contribution in [0.15, 0.2) is 36.4 Å². The molecule has 0 spiro atoms. The minimum atomic E-state index is -1.72. The van der Waals surface area contributed by atoms with Crippen molar-refractivity contribution in [2.24, 2.45) is 0 Å². The lowest BCUT2D eigenvalue weighted by atomic mass is 10.3. The van der Waals surface area contributed by atoms with Gasteiger partial charge in [-0.1, -0.05) is 11.2 Å². The van der Waals surface area contributed by atoms with Gasteiger partial charge in [0.15, 0.2) is 0 Å². The van der Waals surface area contributed by atoms with E-state index in [1.165, 1.54) is 0 Å². The molecule has 0 amide bonds. The molecule has 2 aromatic rings. The van der Waals surface area contributed by atoms with Gasteiger partial charge in [0.1, 0.15) is 23.3 Å². The molecule has 0 unspecified atom stereocenters. The molecule has 0 saturated carbocycles. The molecular formula is C12H6ClF4P. The van der Waals surface area contributed by atoms with Gasteiger partial charge < -0.3 is 0 Å². The first kappa shape index (κ1) is 13.3. The summed E-state index contributed by atoms with van der Waals surface area (Å²) < 4.78 is 52.1. The molecule has 0 aliphatic heterocycles. The molecule has 2 rings (SSSR count). The zero-order valence-corrected chi connectivity index (χ0v) is 10.5. The molecule has 0 nitrogen and oxygen atoms in total. The minimum absolute atomic E-state index is 0.161. The summed E-state index contributed by atoms with van der Waals surface area (Å²) in [5.74, 6) is -3.13. The highest BCUT2D eigenvalue weighted by Crippen LogP contribution is 2.39. The summed E-state index contributed by atoms with van der Waals surface area (Å²) in [4.78, 5) is 0. The Balaban J connectivity index is 2.43. The van der Waals surface area contributed by atoms with Crippen molar-refractivity contribution in [1.29, 1.82) is 0 Å². The first-order chi connectivity index (χ1) is 8.45. The number of rotatable bonds is 2.